The van der Waals surface area contributed by atoms with Gasteiger partial charge in [0.1, 0.15) is 6.04 Å². The van der Waals surface area contributed by atoms with E-state index in [0.717, 1.165) is 34.1 Å². The molecule has 0 bridgehead atoms. The van der Waals surface area contributed by atoms with Crippen LogP contribution in [0.5, 0.6) is 5.75 Å². The fourth-order valence-corrected chi connectivity index (χ4v) is 5.15. The molecule has 0 unspecified atom stereocenters. The van der Waals surface area contributed by atoms with E-state index in [0.29, 0.717) is 12.8 Å². The van der Waals surface area contributed by atoms with Crippen molar-refractivity contribution in [2.45, 2.75) is 44.6 Å². The van der Waals surface area contributed by atoms with Crippen LogP contribution in [0.3, 0.4) is 0 Å². The molecule has 0 fully saturated rings. The smallest absolute Gasteiger partial charge is 0.313 e. The number of ether oxygens (including phenoxy) is 5. The first-order valence-electron chi connectivity index (χ1n) is 18.5. The van der Waals surface area contributed by atoms with Gasteiger partial charge in [0.2, 0.25) is 35.1 Å². The Kier molecular flexibility index (Phi) is 20.8. The lowest BCUT2D eigenvalue weighted by molar-refractivity contribution is -0.139. The average Bonchev–Trinajstić information content (AvgIpc) is 3.71. The van der Waals surface area contributed by atoms with Gasteiger partial charge >= 0.3 is 5.97 Å². The molecule has 2 heterocycles. The number of esters is 1. The van der Waals surface area contributed by atoms with Gasteiger partial charge in [-0.2, -0.15) is 8.78 Å². The number of benzene rings is 1. The molecule has 3 N–H and O–H groups in total. The zero-order chi connectivity index (χ0) is 43.2. The topological polar surface area (TPSA) is 225 Å². The van der Waals surface area contributed by atoms with Crippen LogP contribution in [0.4, 0.5) is 17.6 Å². The van der Waals surface area contributed by atoms with Crippen molar-refractivity contribution in [2.75, 3.05) is 79.0 Å². The first kappa shape index (κ1) is 47.8. The SMILES string of the molecule is O=C(CCN1C(=O)C=CC1=O)NCCCC[C@H](NC(=O)CCN1C(=O)C=CC1=O)C(=O)NCCOCCOCCOCCOCCC(=O)Oc1c(F)c(F)cc(F)c1F. The van der Waals surface area contributed by atoms with Crippen LogP contribution in [0.2, 0.25) is 0 Å². The summed E-state index contributed by atoms with van der Waals surface area (Å²) in [7, 11) is 0. The quantitative estimate of drug-likeness (QED) is 0.0244. The van der Waals surface area contributed by atoms with Gasteiger partial charge in [-0.1, -0.05) is 0 Å². The third-order valence-corrected chi connectivity index (χ3v) is 8.22. The van der Waals surface area contributed by atoms with E-state index in [9.17, 15) is 55.9 Å². The van der Waals surface area contributed by atoms with Gasteiger partial charge in [0.15, 0.2) is 11.6 Å². The fourth-order valence-electron chi connectivity index (χ4n) is 5.15. The lowest BCUT2D eigenvalue weighted by atomic mass is 10.1. The predicted octanol–water partition coefficient (Wildman–Crippen LogP) is 0.123. The van der Waals surface area contributed by atoms with Gasteiger partial charge in [0.05, 0.1) is 59.3 Å². The third kappa shape index (κ3) is 17.0. The Morgan fingerprint density at radius 3 is 1.58 bits per heavy atom. The van der Waals surface area contributed by atoms with E-state index < -0.39 is 82.9 Å². The summed E-state index contributed by atoms with van der Waals surface area (Å²) in [6, 6.07) is -0.981. The highest BCUT2D eigenvalue weighted by Gasteiger charge is 2.27. The number of halogens is 4. The van der Waals surface area contributed by atoms with E-state index in [2.05, 4.69) is 20.7 Å². The number of hydrogen-bond acceptors (Lipinski definition) is 13. The third-order valence-electron chi connectivity index (χ3n) is 8.22. The number of nitrogens with one attached hydrogen (secondary N) is 3. The molecule has 1 atom stereocenters. The number of carbonyl (C=O) groups excluding carboxylic acids is 8. The first-order valence-corrected chi connectivity index (χ1v) is 18.5. The summed E-state index contributed by atoms with van der Waals surface area (Å²) in [6.07, 6.45) is 4.75. The molecule has 1 aromatic carbocycles. The lowest BCUT2D eigenvalue weighted by Gasteiger charge is -2.20. The molecule has 2 aliphatic rings. The summed E-state index contributed by atoms with van der Waals surface area (Å²) in [5.41, 5.74) is 0. The first-order chi connectivity index (χ1) is 28.3. The van der Waals surface area contributed by atoms with Gasteiger partial charge in [-0.15, -0.1) is 0 Å². The number of unbranched alkanes of at least 4 members (excludes halogenated alkanes) is 1. The number of nitrogens with zero attached hydrogens (tertiary/aromatic N) is 2. The summed E-state index contributed by atoms with van der Waals surface area (Å²) in [5.74, 6) is -13.2. The van der Waals surface area contributed by atoms with Crippen LogP contribution in [0, 0.1) is 23.3 Å². The molecule has 2 aliphatic heterocycles. The molecule has 0 saturated carbocycles. The normalized spacial score (nSPS) is 14.0. The van der Waals surface area contributed by atoms with E-state index in [1.54, 1.807) is 0 Å². The number of hydrogen-bond donors (Lipinski definition) is 3. The van der Waals surface area contributed by atoms with Crippen LogP contribution in [-0.2, 0) is 57.3 Å². The van der Waals surface area contributed by atoms with Gasteiger partial charge in [0, 0.05) is 69.4 Å². The Bertz CT molecular complexity index is 1680. The van der Waals surface area contributed by atoms with Crippen molar-refractivity contribution in [3.05, 3.63) is 53.6 Å². The van der Waals surface area contributed by atoms with Crippen molar-refractivity contribution in [3.8, 4) is 5.75 Å². The lowest BCUT2D eigenvalue weighted by Crippen LogP contribution is -2.48. The highest BCUT2D eigenvalue weighted by molar-refractivity contribution is 6.13. The van der Waals surface area contributed by atoms with Gasteiger partial charge in [-0.3, -0.25) is 48.2 Å². The Hall–Kier alpha value is -5.58. The van der Waals surface area contributed by atoms with Gasteiger partial charge < -0.3 is 39.6 Å². The summed E-state index contributed by atoms with van der Waals surface area (Å²) in [4.78, 5) is 98.2. The maximum Gasteiger partial charge on any atom is 0.313 e. The minimum absolute atomic E-state index is 0.0107. The molecule has 1 aromatic rings. The number of carbonyl (C=O) groups is 8. The van der Waals surface area contributed by atoms with Gasteiger partial charge in [-0.05, 0) is 19.3 Å². The Morgan fingerprint density at radius 2 is 1.05 bits per heavy atom. The molecule has 0 radical (unpaired) electrons. The molecule has 324 valence electrons. The molecule has 59 heavy (non-hydrogen) atoms. The fraction of sp³-hybridized carbons (Fsp3) is 0.514. The van der Waals surface area contributed by atoms with Crippen molar-refractivity contribution >= 4 is 47.3 Å². The molecular formula is C37H45F4N5O13. The highest BCUT2D eigenvalue weighted by atomic mass is 19.2. The van der Waals surface area contributed by atoms with E-state index in [-0.39, 0.29) is 110 Å². The molecule has 0 spiro atoms. The summed E-state index contributed by atoms with van der Waals surface area (Å²) in [6.45, 7) is 0.951. The Labute approximate surface area is 335 Å². The maximum absolute atomic E-state index is 13.6. The second-order valence-corrected chi connectivity index (χ2v) is 12.6. The summed E-state index contributed by atoms with van der Waals surface area (Å²) >= 11 is 0. The molecule has 3 rings (SSSR count). The van der Waals surface area contributed by atoms with Crippen LogP contribution in [0.1, 0.15) is 38.5 Å². The van der Waals surface area contributed by atoms with Crippen molar-refractivity contribution < 1.29 is 79.6 Å². The van der Waals surface area contributed by atoms with Crippen LogP contribution >= 0.6 is 0 Å². The Balaban J connectivity index is 1.23. The molecule has 18 nitrogen and oxygen atoms in total. The van der Waals surface area contributed by atoms with Crippen molar-refractivity contribution in [1.29, 1.82) is 0 Å². The standard InChI is InChI=1S/C37H45F4N5O13/c38-24-23-25(39)35(41)36(34(24)40)59-33(53)10-15-55-17-19-57-21-22-58-20-18-56-16-12-43-37(54)26(44-28(48)9-14-46-31(51)6-7-32(46)52)3-1-2-11-42-27(47)8-13-45-29(49)4-5-30(45)50/h4-7,23,26H,1-3,8-22H2,(H,42,47)(H,43,54)(H,44,48)/t26-/m0/s1. The highest BCUT2D eigenvalue weighted by Crippen LogP contribution is 2.26. The molecule has 0 aromatic heterocycles. The van der Waals surface area contributed by atoms with Crippen molar-refractivity contribution in [2.24, 2.45) is 0 Å². The molecule has 22 heteroatoms. The summed E-state index contributed by atoms with van der Waals surface area (Å²) < 4.78 is 79.3. The Morgan fingerprint density at radius 1 is 0.576 bits per heavy atom. The number of imide groups is 2. The molecule has 7 amide bonds. The second kappa shape index (κ2) is 25.7. The van der Waals surface area contributed by atoms with Crippen LogP contribution in [0.15, 0.2) is 30.4 Å². The summed E-state index contributed by atoms with van der Waals surface area (Å²) in [5, 5.41) is 7.98. The zero-order valence-electron chi connectivity index (χ0n) is 31.9. The molecular weight excluding hydrogens is 798 g/mol. The number of rotatable bonds is 29. The minimum atomic E-state index is -1.83. The largest absolute Gasteiger partial charge is 0.420 e. The monoisotopic (exact) mass is 843 g/mol. The van der Waals surface area contributed by atoms with Crippen LogP contribution in [-0.4, -0.2) is 142 Å². The molecule has 0 aliphatic carbocycles. The predicted molar refractivity (Wildman–Crippen MR) is 193 cm³/mol. The van der Waals surface area contributed by atoms with Crippen molar-refractivity contribution in [3.63, 3.8) is 0 Å². The van der Waals surface area contributed by atoms with Gasteiger partial charge in [0.25, 0.3) is 23.6 Å². The average molecular weight is 844 g/mol. The van der Waals surface area contributed by atoms with Crippen molar-refractivity contribution in [1.82, 2.24) is 25.8 Å². The number of amides is 7. The van der Waals surface area contributed by atoms with Gasteiger partial charge in [-0.25, -0.2) is 8.78 Å². The van der Waals surface area contributed by atoms with Crippen LogP contribution in [0.25, 0.3) is 0 Å². The molecule has 0 saturated heterocycles. The minimum Gasteiger partial charge on any atom is -0.420 e. The van der Waals surface area contributed by atoms with E-state index in [4.69, 9.17) is 18.9 Å². The maximum atomic E-state index is 13.6. The van der Waals surface area contributed by atoms with E-state index in [1.807, 2.05) is 0 Å². The van der Waals surface area contributed by atoms with E-state index in [1.165, 1.54) is 0 Å². The zero-order valence-corrected chi connectivity index (χ0v) is 31.9. The van der Waals surface area contributed by atoms with E-state index >= 15 is 0 Å². The van der Waals surface area contributed by atoms with Crippen LogP contribution < -0.4 is 20.7 Å². The second-order valence-electron chi connectivity index (χ2n) is 12.6.